The van der Waals surface area contributed by atoms with E-state index >= 15 is 0 Å². The van der Waals surface area contributed by atoms with Crippen molar-refractivity contribution in [2.75, 3.05) is 26.2 Å². The summed E-state index contributed by atoms with van der Waals surface area (Å²) in [7, 11) is 0. The smallest absolute Gasteiger partial charge is 0.407 e. The Morgan fingerprint density at radius 2 is 2.00 bits per heavy atom. The first-order chi connectivity index (χ1) is 14.9. The molecule has 1 aliphatic rings. The number of nitrogens with zero attached hydrogens (tertiary/aromatic N) is 1. The predicted octanol–water partition coefficient (Wildman–Crippen LogP) is 6.02. The zero-order chi connectivity index (χ0) is 24.3. The Bertz CT molecular complexity index is 686. The summed E-state index contributed by atoms with van der Waals surface area (Å²) < 4.78 is 5.47. The first-order valence-electron chi connectivity index (χ1n) is 12.0. The lowest BCUT2D eigenvalue weighted by Crippen LogP contribution is -2.38. The maximum Gasteiger partial charge on any atom is 0.407 e. The minimum atomic E-state index is -0.500. The van der Waals surface area contributed by atoms with Gasteiger partial charge in [0.15, 0.2) is 0 Å². The summed E-state index contributed by atoms with van der Waals surface area (Å²) in [5, 5.41) is 6.22. The van der Waals surface area contributed by atoms with Crippen molar-refractivity contribution in [1.29, 1.82) is 0 Å². The number of rotatable bonds is 13. The molecule has 32 heavy (non-hydrogen) atoms. The van der Waals surface area contributed by atoms with Crippen LogP contribution in [0.1, 0.15) is 67.7 Å². The number of nitrogens with one attached hydrogen (secondary N) is 2. The first-order valence-corrected chi connectivity index (χ1v) is 12.0. The van der Waals surface area contributed by atoms with Gasteiger partial charge >= 0.3 is 6.09 Å². The average Bonchev–Trinajstić information content (AvgIpc) is 2.65. The molecule has 0 spiro atoms. The summed E-state index contributed by atoms with van der Waals surface area (Å²) in [6.07, 6.45) is 8.87. The normalized spacial score (nSPS) is 17.2. The van der Waals surface area contributed by atoms with E-state index in [-0.39, 0.29) is 12.0 Å². The Morgan fingerprint density at radius 1 is 1.31 bits per heavy atom. The van der Waals surface area contributed by atoms with E-state index in [0.29, 0.717) is 18.4 Å². The van der Waals surface area contributed by atoms with E-state index in [1.165, 1.54) is 16.8 Å². The lowest BCUT2D eigenvalue weighted by molar-refractivity contribution is 0.0519. The summed E-state index contributed by atoms with van der Waals surface area (Å²) in [5.74, 6) is 1.29. The van der Waals surface area contributed by atoms with Gasteiger partial charge in [-0.05, 0) is 70.9 Å². The molecular weight excluding hydrogens is 398 g/mol. The van der Waals surface area contributed by atoms with Gasteiger partial charge in [-0.2, -0.15) is 0 Å². The van der Waals surface area contributed by atoms with Crippen molar-refractivity contribution in [3.8, 4) is 0 Å². The van der Waals surface area contributed by atoms with E-state index in [4.69, 9.17) is 4.74 Å². The third-order valence-corrected chi connectivity index (χ3v) is 5.63. The molecule has 1 rings (SSSR count). The molecular formula is C27H47N3O2. The van der Waals surface area contributed by atoms with Crippen LogP contribution in [0, 0.1) is 17.8 Å². The highest BCUT2D eigenvalue weighted by Gasteiger charge is 2.25. The molecule has 2 N–H and O–H groups in total. The molecule has 5 heteroatoms. The summed E-state index contributed by atoms with van der Waals surface area (Å²) in [4.78, 5) is 14.7. The topological polar surface area (TPSA) is 53.6 Å². The van der Waals surface area contributed by atoms with Crippen LogP contribution in [0.2, 0.25) is 0 Å². The van der Waals surface area contributed by atoms with Gasteiger partial charge in [-0.15, -0.1) is 0 Å². The van der Waals surface area contributed by atoms with Gasteiger partial charge in [0.05, 0.1) is 0 Å². The lowest BCUT2D eigenvalue weighted by atomic mass is 9.80. The molecule has 0 heterocycles. The van der Waals surface area contributed by atoms with Crippen molar-refractivity contribution >= 4 is 6.09 Å². The zero-order valence-corrected chi connectivity index (χ0v) is 21.6. The van der Waals surface area contributed by atoms with Crippen LogP contribution in [0.15, 0.2) is 48.4 Å². The molecule has 0 aromatic heterocycles. The molecule has 0 aliphatic heterocycles. The number of allylic oxidation sites excluding steroid dienone is 4. The van der Waals surface area contributed by atoms with Crippen molar-refractivity contribution in [3.63, 3.8) is 0 Å². The lowest BCUT2D eigenvalue weighted by Gasteiger charge is -2.33. The number of carbonyl (C=O) groups excluding carboxylic acids is 1. The molecule has 1 amide bonds. The molecule has 0 radical (unpaired) electrons. The zero-order valence-electron chi connectivity index (χ0n) is 21.6. The molecule has 0 saturated carbocycles. The van der Waals surface area contributed by atoms with Crippen LogP contribution in [0.25, 0.3) is 0 Å². The van der Waals surface area contributed by atoms with Gasteiger partial charge in [0.25, 0.3) is 0 Å². The Kier molecular flexibility index (Phi) is 11.7. The van der Waals surface area contributed by atoms with Gasteiger partial charge in [-0.3, -0.25) is 0 Å². The van der Waals surface area contributed by atoms with Crippen LogP contribution in [-0.4, -0.2) is 42.8 Å². The average molecular weight is 446 g/mol. The second kappa shape index (κ2) is 13.4. The van der Waals surface area contributed by atoms with Gasteiger partial charge in [0, 0.05) is 31.9 Å². The number of hydrogen-bond donors (Lipinski definition) is 2. The summed E-state index contributed by atoms with van der Waals surface area (Å²) in [6, 6.07) is 0. The van der Waals surface area contributed by atoms with Crippen LogP contribution in [-0.2, 0) is 4.74 Å². The van der Waals surface area contributed by atoms with E-state index < -0.39 is 5.60 Å². The van der Waals surface area contributed by atoms with Gasteiger partial charge in [-0.1, -0.05) is 57.2 Å². The molecule has 1 aliphatic carbocycles. The molecule has 2 atom stereocenters. The quantitative estimate of drug-likeness (QED) is 0.340. The van der Waals surface area contributed by atoms with E-state index in [1.54, 1.807) is 6.20 Å². The Balaban J connectivity index is 2.92. The van der Waals surface area contributed by atoms with Crippen LogP contribution >= 0.6 is 0 Å². The van der Waals surface area contributed by atoms with E-state index in [9.17, 15) is 4.79 Å². The molecule has 182 valence electrons. The molecule has 0 saturated heterocycles. The van der Waals surface area contributed by atoms with Gasteiger partial charge in [0.2, 0.25) is 0 Å². The Hall–Kier alpha value is -2.17. The standard InChI is InChI=1S/C27H47N3O2/c1-10-28-14-16-30(23(6)17-20(2)3)15-13-24(19-29-26(31)32-27(7,8)9)25-12-11-21(4)18-22(25)5/h10-12,20,22,24,28H,1,6,13-19H2,2-5,7-9H3,(H,29,31). The maximum absolute atomic E-state index is 12.3. The van der Waals surface area contributed by atoms with Crippen LogP contribution < -0.4 is 10.6 Å². The molecule has 0 aromatic carbocycles. The van der Waals surface area contributed by atoms with Crippen LogP contribution in [0.5, 0.6) is 0 Å². The molecule has 5 nitrogen and oxygen atoms in total. The molecule has 0 aromatic rings. The number of carbonyl (C=O) groups is 1. The summed E-state index contributed by atoms with van der Waals surface area (Å²) in [6.45, 7) is 25.9. The fraction of sp³-hybridized carbons (Fsp3) is 0.667. The number of alkyl carbamates (subject to hydrolysis) is 1. The summed E-state index contributed by atoms with van der Waals surface area (Å²) in [5.41, 5.74) is 3.49. The van der Waals surface area contributed by atoms with Crippen molar-refractivity contribution < 1.29 is 9.53 Å². The van der Waals surface area contributed by atoms with Gasteiger partial charge < -0.3 is 20.3 Å². The van der Waals surface area contributed by atoms with Gasteiger partial charge in [-0.25, -0.2) is 4.79 Å². The largest absolute Gasteiger partial charge is 0.444 e. The SMILES string of the molecule is C=CNCCN(CCC(CNC(=O)OC(C)(C)C)C1=CC=C(C)CC1C)C(=C)CC(C)C. The number of ether oxygens (including phenoxy) is 1. The van der Waals surface area contributed by atoms with Crippen molar-refractivity contribution in [2.24, 2.45) is 17.8 Å². The number of amides is 1. The Morgan fingerprint density at radius 3 is 2.56 bits per heavy atom. The minimum Gasteiger partial charge on any atom is -0.444 e. The van der Waals surface area contributed by atoms with E-state index in [2.05, 4.69) is 68.5 Å². The fourth-order valence-corrected chi connectivity index (χ4v) is 4.16. The third kappa shape index (κ3) is 10.9. The molecule has 2 unspecified atom stereocenters. The van der Waals surface area contributed by atoms with Crippen molar-refractivity contribution in [1.82, 2.24) is 15.5 Å². The monoisotopic (exact) mass is 445 g/mol. The number of hydrogen-bond acceptors (Lipinski definition) is 4. The van der Waals surface area contributed by atoms with E-state index in [1.807, 2.05) is 20.8 Å². The highest BCUT2D eigenvalue weighted by Crippen LogP contribution is 2.32. The second-order valence-corrected chi connectivity index (χ2v) is 10.5. The fourth-order valence-electron chi connectivity index (χ4n) is 4.16. The van der Waals surface area contributed by atoms with Gasteiger partial charge in [0.1, 0.15) is 5.60 Å². The highest BCUT2D eigenvalue weighted by molar-refractivity contribution is 5.67. The third-order valence-electron chi connectivity index (χ3n) is 5.63. The summed E-state index contributed by atoms with van der Waals surface area (Å²) >= 11 is 0. The van der Waals surface area contributed by atoms with E-state index in [0.717, 1.165) is 38.9 Å². The molecule has 0 fully saturated rings. The van der Waals surface area contributed by atoms with Crippen molar-refractivity contribution in [3.05, 3.63) is 48.4 Å². The minimum absolute atomic E-state index is 0.253. The predicted molar refractivity (Wildman–Crippen MR) is 136 cm³/mol. The second-order valence-electron chi connectivity index (χ2n) is 10.5. The maximum atomic E-state index is 12.3. The van der Waals surface area contributed by atoms with Crippen LogP contribution in [0.4, 0.5) is 4.79 Å². The van der Waals surface area contributed by atoms with Crippen molar-refractivity contribution in [2.45, 2.75) is 73.3 Å². The molecule has 0 bridgehead atoms. The first kappa shape index (κ1) is 27.9. The van der Waals surface area contributed by atoms with Crippen LogP contribution in [0.3, 0.4) is 0 Å². The highest BCUT2D eigenvalue weighted by atomic mass is 16.6. The Labute approximate surface area is 197 Å².